The Bertz CT molecular complexity index is 710. The number of nitrogens with two attached hydrogens (primary N) is 1. The second-order valence-electron chi connectivity index (χ2n) is 6.30. The summed E-state index contributed by atoms with van der Waals surface area (Å²) in [5.41, 5.74) is 7.43. The molecular weight excluding hydrogens is 314 g/mol. The maximum Gasteiger partial charge on any atom is 0.253 e. The van der Waals surface area contributed by atoms with Gasteiger partial charge in [0.2, 0.25) is 5.91 Å². The highest BCUT2D eigenvalue weighted by molar-refractivity contribution is 5.94. The van der Waals surface area contributed by atoms with Crippen molar-refractivity contribution < 1.29 is 9.59 Å². The van der Waals surface area contributed by atoms with Crippen LogP contribution >= 0.6 is 0 Å². The van der Waals surface area contributed by atoms with E-state index in [0.717, 1.165) is 5.56 Å². The Kier molecular flexibility index (Phi) is 5.46. The number of primary amides is 1. The molecule has 1 aliphatic rings. The van der Waals surface area contributed by atoms with Crippen molar-refractivity contribution >= 4 is 11.8 Å². The predicted molar refractivity (Wildman–Crippen MR) is 97.0 cm³/mol. The lowest BCUT2D eigenvalue weighted by Crippen LogP contribution is -2.55. The molecule has 130 valence electrons. The molecule has 0 aromatic heterocycles. The quantitative estimate of drug-likeness (QED) is 0.900. The standard InChI is InChI=1S/C20H23N3O2/c21-19(24)18(15-16-7-3-1-4-8-16)22-11-13-23(14-12-22)20(25)17-9-5-2-6-10-17/h1-10,18H,11-15H2,(H2,21,24). The SMILES string of the molecule is NC(=O)C(Cc1ccccc1)N1CCN(C(=O)c2ccccc2)CC1. The average Bonchev–Trinajstić information content (AvgIpc) is 2.67. The molecule has 0 radical (unpaired) electrons. The molecule has 3 rings (SSSR count). The van der Waals surface area contributed by atoms with Gasteiger partial charge in [0, 0.05) is 31.7 Å². The third-order valence-electron chi connectivity index (χ3n) is 4.66. The molecule has 2 amide bonds. The minimum Gasteiger partial charge on any atom is -0.368 e. The third kappa shape index (κ3) is 4.25. The first kappa shape index (κ1) is 17.2. The summed E-state index contributed by atoms with van der Waals surface area (Å²) in [5.74, 6) is -0.273. The van der Waals surface area contributed by atoms with Gasteiger partial charge in [0.05, 0.1) is 6.04 Å². The maximum absolute atomic E-state index is 12.5. The normalized spacial score (nSPS) is 16.4. The molecule has 1 fully saturated rings. The van der Waals surface area contributed by atoms with E-state index in [1.54, 1.807) is 0 Å². The highest BCUT2D eigenvalue weighted by atomic mass is 16.2. The van der Waals surface area contributed by atoms with Crippen LogP contribution in [0.3, 0.4) is 0 Å². The van der Waals surface area contributed by atoms with Gasteiger partial charge in [-0.15, -0.1) is 0 Å². The Hall–Kier alpha value is -2.66. The zero-order valence-electron chi connectivity index (χ0n) is 14.2. The molecule has 25 heavy (non-hydrogen) atoms. The number of amides is 2. The predicted octanol–water partition coefficient (Wildman–Crippen LogP) is 1.54. The van der Waals surface area contributed by atoms with Gasteiger partial charge < -0.3 is 10.6 Å². The number of benzene rings is 2. The van der Waals surface area contributed by atoms with E-state index in [9.17, 15) is 9.59 Å². The molecule has 5 nitrogen and oxygen atoms in total. The zero-order chi connectivity index (χ0) is 17.6. The Morgan fingerprint density at radius 1 is 0.880 bits per heavy atom. The monoisotopic (exact) mass is 337 g/mol. The van der Waals surface area contributed by atoms with Gasteiger partial charge in [0.25, 0.3) is 5.91 Å². The minimum absolute atomic E-state index is 0.0407. The summed E-state index contributed by atoms with van der Waals surface area (Å²) >= 11 is 0. The summed E-state index contributed by atoms with van der Waals surface area (Å²) in [6.07, 6.45) is 0.600. The zero-order valence-corrected chi connectivity index (χ0v) is 14.2. The first-order valence-corrected chi connectivity index (χ1v) is 8.57. The first-order chi connectivity index (χ1) is 12.1. The molecule has 1 saturated heterocycles. The molecule has 2 N–H and O–H groups in total. The topological polar surface area (TPSA) is 66.6 Å². The van der Waals surface area contributed by atoms with Gasteiger partial charge in [-0.1, -0.05) is 48.5 Å². The number of rotatable bonds is 5. The van der Waals surface area contributed by atoms with Gasteiger partial charge in [0.15, 0.2) is 0 Å². The lowest BCUT2D eigenvalue weighted by Gasteiger charge is -2.38. The van der Waals surface area contributed by atoms with Crippen LogP contribution in [0, 0.1) is 0 Å². The van der Waals surface area contributed by atoms with Crippen molar-refractivity contribution in [1.82, 2.24) is 9.80 Å². The van der Waals surface area contributed by atoms with Crippen LogP contribution in [0.4, 0.5) is 0 Å². The molecule has 1 unspecified atom stereocenters. The summed E-state index contributed by atoms with van der Waals surface area (Å²) < 4.78 is 0. The van der Waals surface area contributed by atoms with Crippen molar-refractivity contribution in [1.29, 1.82) is 0 Å². The Labute approximate surface area is 148 Å². The fourth-order valence-electron chi connectivity index (χ4n) is 3.25. The van der Waals surface area contributed by atoms with Gasteiger partial charge in [-0.25, -0.2) is 0 Å². The van der Waals surface area contributed by atoms with Crippen molar-refractivity contribution in [2.75, 3.05) is 26.2 Å². The smallest absolute Gasteiger partial charge is 0.253 e. The summed E-state index contributed by atoms with van der Waals surface area (Å²) in [7, 11) is 0. The van der Waals surface area contributed by atoms with E-state index in [2.05, 4.69) is 4.90 Å². The molecule has 1 heterocycles. The summed E-state index contributed by atoms with van der Waals surface area (Å²) in [6.45, 7) is 2.51. The van der Waals surface area contributed by atoms with Crippen LogP contribution in [0.25, 0.3) is 0 Å². The second-order valence-corrected chi connectivity index (χ2v) is 6.30. The molecule has 0 spiro atoms. The highest BCUT2D eigenvalue weighted by Gasteiger charge is 2.29. The van der Waals surface area contributed by atoms with E-state index in [0.29, 0.717) is 38.2 Å². The molecule has 0 bridgehead atoms. The molecule has 2 aromatic rings. The van der Waals surface area contributed by atoms with Crippen LogP contribution < -0.4 is 5.73 Å². The number of carbonyl (C=O) groups is 2. The van der Waals surface area contributed by atoms with E-state index < -0.39 is 0 Å². The Morgan fingerprint density at radius 2 is 1.44 bits per heavy atom. The van der Waals surface area contributed by atoms with E-state index in [4.69, 9.17) is 5.73 Å². The van der Waals surface area contributed by atoms with Crippen molar-refractivity contribution in [3.05, 3.63) is 71.8 Å². The number of hydrogen-bond acceptors (Lipinski definition) is 3. The largest absolute Gasteiger partial charge is 0.368 e. The van der Waals surface area contributed by atoms with E-state index in [1.165, 1.54) is 0 Å². The Morgan fingerprint density at radius 3 is 2.00 bits per heavy atom. The third-order valence-corrected chi connectivity index (χ3v) is 4.66. The number of nitrogens with zero attached hydrogens (tertiary/aromatic N) is 2. The fraction of sp³-hybridized carbons (Fsp3) is 0.300. The molecule has 1 aliphatic heterocycles. The van der Waals surface area contributed by atoms with Crippen LogP contribution in [0.15, 0.2) is 60.7 Å². The molecule has 2 aromatic carbocycles. The van der Waals surface area contributed by atoms with Gasteiger partial charge in [-0.05, 0) is 24.1 Å². The fourth-order valence-corrected chi connectivity index (χ4v) is 3.25. The van der Waals surface area contributed by atoms with Crippen LogP contribution in [0.5, 0.6) is 0 Å². The first-order valence-electron chi connectivity index (χ1n) is 8.57. The average molecular weight is 337 g/mol. The summed E-state index contributed by atoms with van der Waals surface area (Å²) in [6, 6.07) is 18.8. The van der Waals surface area contributed by atoms with Gasteiger partial charge in [-0.2, -0.15) is 0 Å². The van der Waals surface area contributed by atoms with Gasteiger partial charge >= 0.3 is 0 Å². The van der Waals surface area contributed by atoms with E-state index in [-0.39, 0.29) is 17.9 Å². The summed E-state index contributed by atoms with van der Waals surface area (Å²) in [4.78, 5) is 28.4. The molecule has 0 aliphatic carbocycles. The lowest BCUT2D eigenvalue weighted by molar-refractivity contribution is -0.123. The Balaban J connectivity index is 1.61. The highest BCUT2D eigenvalue weighted by Crippen LogP contribution is 2.14. The minimum atomic E-state index is -0.337. The van der Waals surface area contributed by atoms with Gasteiger partial charge in [0.1, 0.15) is 0 Å². The molecule has 0 saturated carbocycles. The lowest BCUT2D eigenvalue weighted by atomic mass is 10.0. The van der Waals surface area contributed by atoms with Crippen molar-refractivity contribution in [2.45, 2.75) is 12.5 Å². The number of piperazine rings is 1. The van der Waals surface area contributed by atoms with Gasteiger partial charge in [-0.3, -0.25) is 14.5 Å². The number of hydrogen-bond donors (Lipinski definition) is 1. The van der Waals surface area contributed by atoms with Crippen molar-refractivity contribution in [2.24, 2.45) is 5.73 Å². The van der Waals surface area contributed by atoms with Crippen molar-refractivity contribution in [3.63, 3.8) is 0 Å². The van der Waals surface area contributed by atoms with E-state index >= 15 is 0 Å². The molecular formula is C20H23N3O2. The number of carbonyl (C=O) groups excluding carboxylic acids is 2. The molecule has 5 heteroatoms. The van der Waals surface area contributed by atoms with Crippen molar-refractivity contribution in [3.8, 4) is 0 Å². The second kappa shape index (κ2) is 7.94. The maximum atomic E-state index is 12.5. The summed E-state index contributed by atoms with van der Waals surface area (Å²) in [5, 5.41) is 0. The van der Waals surface area contributed by atoms with Crippen LogP contribution in [0.2, 0.25) is 0 Å². The van der Waals surface area contributed by atoms with Crippen LogP contribution in [-0.2, 0) is 11.2 Å². The van der Waals surface area contributed by atoms with Crippen LogP contribution in [-0.4, -0.2) is 53.8 Å². The van der Waals surface area contributed by atoms with Crippen LogP contribution in [0.1, 0.15) is 15.9 Å². The van der Waals surface area contributed by atoms with E-state index in [1.807, 2.05) is 65.6 Å². The molecule has 1 atom stereocenters.